The van der Waals surface area contributed by atoms with Crippen LogP contribution in [0.15, 0.2) is 54.2 Å². The van der Waals surface area contributed by atoms with E-state index < -0.39 is 11.8 Å². The van der Waals surface area contributed by atoms with Gasteiger partial charge in [-0.1, -0.05) is 12.1 Å². The molecule has 3 aromatic rings. The minimum absolute atomic E-state index is 0.287. The molecule has 1 aliphatic heterocycles. The van der Waals surface area contributed by atoms with Gasteiger partial charge in [-0.05, 0) is 24.3 Å². The number of pyridine rings is 1. The van der Waals surface area contributed by atoms with E-state index in [1.165, 1.54) is 11.3 Å². The van der Waals surface area contributed by atoms with Crippen LogP contribution in [-0.4, -0.2) is 45.7 Å². The van der Waals surface area contributed by atoms with Crippen LogP contribution >= 0.6 is 11.3 Å². The molecule has 0 saturated carbocycles. The Hall–Kier alpha value is -3.39. The van der Waals surface area contributed by atoms with E-state index in [0.29, 0.717) is 24.1 Å². The number of carbonyl (C=O) groups excluding carboxylic acids is 3. The molecule has 7 nitrogen and oxygen atoms in total. The van der Waals surface area contributed by atoms with Crippen LogP contribution in [0.1, 0.15) is 25.7 Å². The number of amides is 3. The highest BCUT2D eigenvalue weighted by Gasteiger charge is 2.36. The SMILES string of the molecule is O=C(CN1C(=O)c2ccccc2C1=O)NCCc1nc(-c2cccnc2)cs1. The second-order valence-electron chi connectivity index (χ2n) is 6.21. The number of carbonyl (C=O) groups is 3. The summed E-state index contributed by atoms with van der Waals surface area (Å²) in [6.07, 6.45) is 4.03. The topological polar surface area (TPSA) is 92.3 Å². The van der Waals surface area contributed by atoms with E-state index in [4.69, 9.17) is 0 Å². The highest BCUT2D eigenvalue weighted by Crippen LogP contribution is 2.22. The molecule has 0 fully saturated rings. The second-order valence-corrected chi connectivity index (χ2v) is 7.15. The summed E-state index contributed by atoms with van der Waals surface area (Å²) in [5, 5.41) is 5.58. The maximum Gasteiger partial charge on any atom is 0.262 e. The van der Waals surface area contributed by atoms with Crippen molar-refractivity contribution >= 4 is 29.1 Å². The molecule has 3 amide bonds. The number of imide groups is 1. The molecule has 0 spiro atoms. The molecule has 2 aromatic heterocycles. The second kappa shape index (κ2) is 7.69. The third-order valence-electron chi connectivity index (χ3n) is 4.35. The summed E-state index contributed by atoms with van der Waals surface area (Å²) in [6.45, 7) is 0.0904. The lowest BCUT2D eigenvalue weighted by molar-refractivity contribution is -0.121. The minimum atomic E-state index is -0.434. The van der Waals surface area contributed by atoms with Gasteiger partial charge < -0.3 is 5.32 Å². The van der Waals surface area contributed by atoms with Crippen molar-refractivity contribution in [3.8, 4) is 11.3 Å². The Bertz CT molecular complexity index is 1010. The molecule has 1 N–H and O–H groups in total. The molecule has 0 saturated heterocycles. The highest BCUT2D eigenvalue weighted by molar-refractivity contribution is 7.09. The predicted octanol–water partition coefficient (Wildman–Crippen LogP) is 2.16. The molecule has 0 aliphatic carbocycles. The fourth-order valence-corrected chi connectivity index (χ4v) is 3.77. The zero-order valence-electron chi connectivity index (χ0n) is 14.8. The quantitative estimate of drug-likeness (QED) is 0.649. The van der Waals surface area contributed by atoms with E-state index in [1.807, 2.05) is 17.5 Å². The van der Waals surface area contributed by atoms with E-state index in [0.717, 1.165) is 21.2 Å². The number of nitrogens with one attached hydrogen (secondary N) is 1. The minimum Gasteiger partial charge on any atom is -0.354 e. The van der Waals surface area contributed by atoms with Crippen molar-refractivity contribution in [2.75, 3.05) is 13.1 Å². The fraction of sp³-hybridized carbons (Fsp3) is 0.150. The number of rotatable bonds is 6. The maximum absolute atomic E-state index is 12.3. The normalized spacial score (nSPS) is 12.9. The highest BCUT2D eigenvalue weighted by atomic mass is 32.1. The van der Waals surface area contributed by atoms with Crippen LogP contribution in [0.5, 0.6) is 0 Å². The molecule has 28 heavy (non-hydrogen) atoms. The third kappa shape index (κ3) is 3.54. The lowest BCUT2D eigenvalue weighted by atomic mass is 10.1. The van der Waals surface area contributed by atoms with E-state index in [-0.39, 0.29) is 12.5 Å². The summed E-state index contributed by atoms with van der Waals surface area (Å²) in [7, 11) is 0. The van der Waals surface area contributed by atoms with Crippen molar-refractivity contribution in [1.82, 2.24) is 20.2 Å². The third-order valence-corrected chi connectivity index (χ3v) is 5.26. The molecular formula is C20H16N4O3S. The summed E-state index contributed by atoms with van der Waals surface area (Å²) in [4.78, 5) is 46.3. The predicted molar refractivity (Wildman–Crippen MR) is 104 cm³/mol. The average molecular weight is 392 g/mol. The molecule has 0 atom stereocenters. The van der Waals surface area contributed by atoms with Crippen molar-refractivity contribution < 1.29 is 14.4 Å². The van der Waals surface area contributed by atoms with Gasteiger partial charge in [-0.2, -0.15) is 0 Å². The molecule has 0 bridgehead atoms. The van der Waals surface area contributed by atoms with Gasteiger partial charge in [-0.25, -0.2) is 4.98 Å². The number of benzene rings is 1. The van der Waals surface area contributed by atoms with E-state index in [9.17, 15) is 14.4 Å². The zero-order valence-corrected chi connectivity index (χ0v) is 15.6. The lowest BCUT2D eigenvalue weighted by Crippen LogP contribution is -2.40. The maximum atomic E-state index is 12.3. The van der Waals surface area contributed by atoms with Crippen LogP contribution < -0.4 is 5.32 Å². The molecule has 0 unspecified atom stereocenters. The van der Waals surface area contributed by atoms with E-state index in [2.05, 4.69) is 15.3 Å². The molecular weight excluding hydrogens is 376 g/mol. The molecule has 1 aliphatic rings. The van der Waals surface area contributed by atoms with Gasteiger partial charge in [0.15, 0.2) is 0 Å². The Morgan fingerprint density at radius 3 is 2.50 bits per heavy atom. The van der Waals surface area contributed by atoms with Gasteiger partial charge >= 0.3 is 0 Å². The van der Waals surface area contributed by atoms with E-state index in [1.54, 1.807) is 36.7 Å². The fourth-order valence-electron chi connectivity index (χ4n) is 2.96. The Morgan fingerprint density at radius 2 is 1.82 bits per heavy atom. The van der Waals surface area contributed by atoms with Crippen LogP contribution in [0.25, 0.3) is 11.3 Å². The Morgan fingerprint density at radius 1 is 1.07 bits per heavy atom. The number of aromatic nitrogens is 2. The summed E-state index contributed by atoms with van der Waals surface area (Å²) in [5.74, 6) is -1.24. The Balaban J connectivity index is 1.30. The van der Waals surface area contributed by atoms with Crippen LogP contribution in [0.3, 0.4) is 0 Å². The summed E-state index contributed by atoms with van der Waals surface area (Å²) in [5.41, 5.74) is 2.47. The average Bonchev–Trinajstić information content (AvgIpc) is 3.28. The Labute approximate surface area is 165 Å². The van der Waals surface area contributed by atoms with Gasteiger partial charge in [0.2, 0.25) is 5.91 Å². The molecule has 140 valence electrons. The van der Waals surface area contributed by atoms with Crippen molar-refractivity contribution in [2.45, 2.75) is 6.42 Å². The molecule has 3 heterocycles. The van der Waals surface area contributed by atoms with Gasteiger partial charge in [-0.3, -0.25) is 24.3 Å². The number of hydrogen-bond donors (Lipinski definition) is 1. The van der Waals surface area contributed by atoms with Gasteiger partial charge in [-0.15, -0.1) is 11.3 Å². The molecule has 8 heteroatoms. The van der Waals surface area contributed by atoms with Crippen LogP contribution in [0.2, 0.25) is 0 Å². The summed E-state index contributed by atoms with van der Waals surface area (Å²) < 4.78 is 0. The molecule has 4 rings (SSSR count). The first-order valence-electron chi connectivity index (χ1n) is 8.70. The van der Waals surface area contributed by atoms with Gasteiger partial charge in [0.1, 0.15) is 6.54 Å². The number of thiazole rings is 1. The van der Waals surface area contributed by atoms with Crippen molar-refractivity contribution in [2.24, 2.45) is 0 Å². The van der Waals surface area contributed by atoms with Gasteiger partial charge in [0, 0.05) is 36.3 Å². The van der Waals surface area contributed by atoms with Crippen LogP contribution in [0, 0.1) is 0 Å². The van der Waals surface area contributed by atoms with Crippen molar-refractivity contribution in [3.05, 3.63) is 70.3 Å². The molecule has 1 aromatic carbocycles. The Kier molecular flexibility index (Phi) is 4.94. The largest absolute Gasteiger partial charge is 0.354 e. The monoisotopic (exact) mass is 392 g/mol. The first-order valence-corrected chi connectivity index (χ1v) is 9.58. The first kappa shape index (κ1) is 18.0. The summed E-state index contributed by atoms with van der Waals surface area (Å²) in [6, 6.07) is 10.4. The van der Waals surface area contributed by atoms with Crippen molar-refractivity contribution in [1.29, 1.82) is 0 Å². The molecule has 0 radical (unpaired) electrons. The van der Waals surface area contributed by atoms with Crippen molar-refractivity contribution in [3.63, 3.8) is 0 Å². The number of hydrogen-bond acceptors (Lipinski definition) is 6. The van der Waals surface area contributed by atoms with Gasteiger partial charge in [0.05, 0.1) is 21.8 Å². The summed E-state index contributed by atoms with van der Waals surface area (Å²) >= 11 is 1.51. The number of nitrogens with zero attached hydrogens (tertiary/aromatic N) is 3. The van der Waals surface area contributed by atoms with Crippen LogP contribution in [-0.2, 0) is 11.2 Å². The van der Waals surface area contributed by atoms with E-state index >= 15 is 0 Å². The zero-order chi connectivity index (χ0) is 19.5. The van der Waals surface area contributed by atoms with Gasteiger partial charge in [0.25, 0.3) is 11.8 Å². The lowest BCUT2D eigenvalue weighted by Gasteiger charge is -2.13. The first-order chi connectivity index (χ1) is 13.6. The standard InChI is InChI=1S/C20H16N4O3S/c25-17(11-24-19(26)14-5-1-2-6-15(14)20(24)27)22-9-7-18-23-16(12-28-18)13-4-3-8-21-10-13/h1-6,8,10,12H,7,9,11H2,(H,22,25). The smallest absolute Gasteiger partial charge is 0.262 e. The van der Waals surface area contributed by atoms with Crippen LogP contribution in [0.4, 0.5) is 0 Å². The number of fused-ring (bicyclic) bond motifs is 1.